The van der Waals surface area contributed by atoms with Gasteiger partial charge in [-0.05, 0) is 83.8 Å². The van der Waals surface area contributed by atoms with Gasteiger partial charge in [0.25, 0.3) is 0 Å². The highest BCUT2D eigenvalue weighted by atomic mass is 32.1. The molecule has 144 valence electrons. The summed E-state index contributed by atoms with van der Waals surface area (Å²) in [6.07, 6.45) is 3.87. The first-order chi connectivity index (χ1) is 13.1. The van der Waals surface area contributed by atoms with Crippen LogP contribution in [0.2, 0.25) is 0 Å². The minimum Gasteiger partial charge on any atom is -0.335 e. The molecule has 2 unspecified atom stereocenters. The number of rotatable bonds is 6. The molecule has 2 fully saturated rings. The topological polar surface area (TPSA) is 32.3 Å². The van der Waals surface area contributed by atoms with Crippen molar-refractivity contribution in [2.45, 2.75) is 51.1 Å². The van der Waals surface area contributed by atoms with Crippen molar-refractivity contribution in [3.05, 3.63) is 58.0 Å². The van der Waals surface area contributed by atoms with Crippen LogP contribution in [0.1, 0.15) is 49.7 Å². The lowest BCUT2D eigenvalue weighted by molar-refractivity contribution is -0.133. The fraction of sp³-hybridized carbons (Fsp3) is 0.500. The quantitative estimate of drug-likeness (QED) is 0.790. The molecule has 0 bridgehead atoms. The van der Waals surface area contributed by atoms with Crippen molar-refractivity contribution in [3.63, 3.8) is 0 Å². The van der Waals surface area contributed by atoms with Gasteiger partial charge in [0.15, 0.2) is 0 Å². The number of hydrogen-bond donors (Lipinski definition) is 1. The second-order valence-electron chi connectivity index (χ2n) is 8.15. The molecule has 3 nitrogen and oxygen atoms in total. The average Bonchev–Trinajstić information content (AvgIpc) is 3.09. The first kappa shape index (κ1) is 18.6. The summed E-state index contributed by atoms with van der Waals surface area (Å²) in [5, 5.41) is 7.64. The van der Waals surface area contributed by atoms with Crippen molar-refractivity contribution in [3.8, 4) is 0 Å². The first-order valence-electron chi connectivity index (χ1n) is 9.84. The van der Waals surface area contributed by atoms with Gasteiger partial charge < -0.3 is 10.2 Å². The third-order valence-electron chi connectivity index (χ3n) is 6.27. The van der Waals surface area contributed by atoms with E-state index < -0.39 is 0 Å². The lowest BCUT2D eigenvalue weighted by Crippen LogP contribution is -2.39. The average molecular weight is 387 g/mol. The van der Waals surface area contributed by atoms with Crippen molar-refractivity contribution < 1.29 is 9.18 Å². The molecule has 2 aromatic rings. The summed E-state index contributed by atoms with van der Waals surface area (Å²) in [6, 6.07) is 9.10. The Balaban J connectivity index is 1.48. The Morgan fingerprint density at radius 2 is 2.19 bits per heavy atom. The zero-order valence-corrected chi connectivity index (χ0v) is 16.6. The number of carbonyl (C=O) groups is 1. The maximum atomic E-state index is 13.6. The zero-order valence-electron chi connectivity index (χ0n) is 15.8. The molecule has 27 heavy (non-hydrogen) atoms. The molecule has 2 aliphatic rings. The standard InChI is InChI=1S/C22H27FN2OS/c1-16(18-3-2-4-19(23)12-18)11-21(26)25(14-17-5-10-27-15-17)20-13-22(20)6-8-24-9-7-22/h2-5,10,12,15-16,20,24H,6-9,11,13-14H2,1H3. The van der Waals surface area contributed by atoms with E-state index in [1.807, 2.05) is 13.0 Å². The number of nitrogens with one attached hydrogen (secondary N) is 1. The molecule has 1 aliphatic carbocycles. The molecule has 5 heteroatoms. The summed E-state index contributed by atoms with van der Waals surface area (Å²) in [6.45, 7) is 4.81. The van der Waals surface area contributed by atoms with Crippen molar-refractivity contribution in [1.82, 2.24) is 10.2 Å². The molecule has 1 aliphatic heterocycles. The number of benzene rings is 1. The summed E-state index contributed by atoms with van der Waals surface area (Å²) >= 11 is 1.68. The SMILES string of the molecule is CC(CC(=O)N(Cc1ccsc1)C1CC12CCNCC2)c1cccc(F)c1. The number of piperidine rings is 1. The second-order valence-corrected chi connectivity index (χ2v) is 8.93. The Kier molecular flexibility index (Phi) is 5.33. The maximum absolute atomic E-state index is 13.6. The Labute approximate surface area is 164 Å². The molecule has 1 saturated heterocycles. The second kappa shape index (κ2) is 7.72. The molecule has 2 heterocycles. The van der Waals surface area contributed by atoms with E-state index in [9.17, 15) is 9.18 Å². The van der Waals surface area contributed by atoms with E-state index in [1.54, 1.807) is 23.5 Å². The largest absolute Gasteiger partial charge is 0.335 e. The van der Waals surface area contributed by atoms with Crippen LogP contribution in [-0.2, 0) is 11.3 Å². The number of hydrogen-bond acceptors (Lipinski definition) is 3. The lowest BCUT2D eigenvalue weighted by Gasteiger charge is -2.30. The van der Waals surface area contributed by atoms with E-state index in [1.165, 1.54) is 11.6 Å². The van der Waals surface area contributed by atoms with Crippen molar-refractivity contribution in [2.75, 3.05) is 13.1 Å². The zero-order chi connectivity index (χ0) is 18.9. The van der Waals surface area contributed by atoms with Crippen LogP contribution < -0.4 is 5.32 Å². The third kappa shape index (κ3) is 4.09. The summed E-state index contributed by atoms with van der Waals surface area (Å²) in [4.78, 5) is 15.4. The van der Waals surface area contributed by atoms with Crippen LogP contribution in [0.15, 0.2) is 41.1 Å². The number of nitrogens with zero attached hydrogens (tertiary/aromatic N) is 1. The summed E-state index contributed by atoms with van der Waals surface area (Å²) in [5.41, 5.74) is 2.42. The van der Waals surface area contributed by atoms with Gasteiger partial charge in [-0.25, -0.2) is 4.39 Å². The van der Waals surface area contributed by atoms with Crippen molar-refractivity contribution in [2.24, 2.45) is 5.41 Å². The van der Waals surface area contributed by atoms with Crippen LogP contribution in [0.5, 0.6) is 0 Å². The Morgan fingerprint density at radius 3 is 2.89 bits per heavy atom. The van der Waals surface area contributed by atoms with Crippen LogP contribution in [0.4, 0.5) is 4.39 Å². The van der Waals surface area contributed by atoms with Crippen LogP contribution in [-0.4, -0.2) is 29.9 Å². The highest BCUT2D eigenvalue weighted by molar-refractivity contribution is 7.07. The highest BCUT2D eigenvalue weighted by Gasteiger charge is 2.57. The molecule has 4 rings (SSSR count). The molecule has 0 radical (unpaired) electrons. The predicted molar refractivity (Wildman–Crippen MR) is 107 cm³/mol. The van der Waals surface area contributed by atoms with Gasteiger partial charge in [0, 0.05) is 19.0 Å². The smallest absolute Gasteiger partial charge is 0.223 e. The maximum Gasteiger partial charge on any atom is 0.223 e. The number of carbonyl (C=O) groups excluding carboxylic acids is 1. The molecular formula is C22H27FN2OS. The molecule has 1 amide bonds. The molecular weight excluding hydrogens is 359 g/mol. The van der Waals surface area contributed by atoms with E-state index >= 15 is 0 Å². The van der Waals surface area contributed by atoms with Gasteiger partial charge >= 0.3 is 0 Å². The van der Waals surface area contributed by atoms with Gasteiger partial charge in [0.1, 0.15) is 5.82 Å². The summed E-state index contributed by atoms with van der Waals surface area (Å²) in [5.74, 6) is -0.0305. The van der Waals surface area contributed by atoms with E-state index in [-0.39, 0.29) is 17.6 Å². The van der Waals surface area contributed by atoms with Gasteiger partial charge in [-0.3, -0.25) is 4.79 Å². The number of thiophene rings is 1. The molecule has 1 aromatic heterocycles. The van der Waals surface area contributed by atoms with Crippen LogP contribution in [0.3, 0.4) is 0 Å². The van der Waals surface area contributed by atoms with Gasteiger partial charge in [-0.2, -0.15) is 11.3 Å². The fourth-order valence-corrected chi connectivity index (χ4v) is 5.15. The summed E-state index contributed by atoms with van der Waals surface area (Å²) < 4.78 is 13.6. The molecule has 1 saturated carbocycles. The van der Waals surface area contributed by atoms with E-state index in [0.717, 1.165) is 37.9 Å². The van der Waals surface area contributed by atoms with Gasteiger partial charge in [-0.1, -0.05) is 19.1 Å². The predicted octanol–water partition coefficient (Wildman–Crippen LogP) is 4.55. The van der Waals surface area contributed by atoms with E-state index in [4.69, 9.17) is 0 Å². The van der Waals surface area contributed by atoms with Gasteiger partial charge in [-0.15, -0.1) is 0 Å². The fourth-order valence-electron chi connectivity index (χ4n) is 4.49. The van der Waals surface area contributed by atoms with Crippen molar-refractivity contribution >= 4 is 17.2 Å². The van der Waals surface area contributed by atoms with Crippen molar-refractivity contribution in [1.29, 1.82) is 0 Å². The molecule has 2 atom stereocenters. The lowest BCUT2D eigenvalue weighted by atomic mass is 9.93. The minimum atomic E-state index is -0.238. The monoisotopic (exact) mass is 386 g/mol. The Bertz CT molecular complexity index is 785. The Hall–Kier alpha value is -1.72. The minimum absolute atomic E-state index is 0.0147. The molecule has 1 N–H and O–H groups in total. The molecule has 1 aromatic carbocycles. The van der Waals surface area contributed by atoms with E-state index in [2.05, 4.69) is 27.0 Å². The van der Waals surface area contributed by atoms with Crippen LogP contribution in [0.25, 0.3) is 0 Å². The molecule has 1 spiro atoms. The van der Waals surface area contributed by atoms with Crippen LogP contribution in [0, 0.1) is 11.2 Å². The highest BCUT2D eigenvalue weighted by Crippen LogP contribution is 2.56. The van der Waals surface area contributed by atoms with E-state index in [0.29, 0.717) is 24.4 Å². The normalized spacial score (nSPS) is 21.8. The summed E-state index contributed by atoms with van der Waals surface area (Å²) in [7, 11) is 0. The van der Waals surface area contributed by atoms with Gasteiger partial charge in [0.2, 0.25) is 5.91 Å². The first-order valence-corrected chi connectivity index (χ1v) is 10.8. The number of halogens is 1. The van der Waals surface area contributed by atoms with Crippen LogP contribution >= 0.6 is 11.3 Å². The third-order valence-corrected chi connectivity index (χ3v) is 7.01. The number of amides is 1. The Morgan fingerprint density at radius 1 is 1.37 bits per heavy atom. The van der Waals surface area contributed by atoms with Gasteiger partial charge in [0.05, 0.1) is 0 Å².